The van der Waals surface area contributed by atoms with E-state index in [9.17, 15) is 8.42 Å². The zero-order valence-electron chi connectivity index (χ0n) is 12.3. The smallest absolute Gasteiger partial charge is 0.238 e. The van der Waals surface area contributed by atoms with Crippen LogP contribution in [0.5, 0.6) is 5.75 Å². The lowest BCUT2D eigenvalue weighted by Gasteiger charge is -2.28. The number of primary sulfonamides is 1. The molecule has 0 aliphatic heterocycles. The second-order valence-electron chi connectivity index (χ2n) is 5.87. The van der Waals surface area contributed by atoms with Crippen molar-refractivity contribution in [1.29, 1.82) is 0 Å². The highest BCUT2D eigenvalue weighted by molar-refractivity contribution is 7.89. The van der Waals surface area contributed by atoms with Gasteiger partial charge in [-0.1, -0.05) is 13.3 Å². The molecule has 0 bridgehead atoms. The van der Waals surface area contributed by atoms with Gasteiger partial charge in [-0.3, -0.25) is 0 Å². The lowest BCUT2D eigenvalue weighted by Crippen LogP contribution is -2.24. The van der Waals surface area contributed by atoms with Crippen molar-refractivity contribution < 1.29 is 13.2 Å². The molecule has 0 radical (unpaired) electrons. The van der Waals surface area contributed by atoms with Gasteiger partial charge in [0.2, 0.25) is 10.0 Å². The van der Waals surface area contributed by atoms with E-state index in [-0.39, 0.29) is 11.0 Å². The maximum Gasteiger partial charge on any atom is 0.238 e. The molecule has 2 atom stereocenters. The summed E-state index contributed by atoms with van der Waals surface area (Å²) in [6, 6.07) is 3.26. The van der Waals surface area contributed by atoms with Crippen molar-refractivity contribution in [3.05, 3.63) is 23.3 Å². The monoisotopic (exact) mass is 297 g/mol. The fourth-order valence-corrected chi connectivity index (χ4v) is 3.71. The molecule has 2 unspecified atom stereocenters. The van der Waals surface area contributed by atoms with Crippen molar-refractivity contribution in [1.82, 2.24) is 0 Å². The zero-order valence-corrected chi connectivity index (χ0v) is 13.2. The third kappa shape index (κ3) is 3.33. The summed E-state index contributed by atoms with van der Waals surface area (Å²) in [5.41, 5.74) is 1.53. The topological polar surface area (TPSA) is 69.4 Å². The molecule has 0 saturated heterocycles. The molecular weight excluding hydrogens is 274 g/mol. The summed E-state index contributed by atoms with van der Waals surface area (Å²) in [7, 11) is -3.67. The Morgan fingerprint density at radius 2 is 1.90 bits per heavy atom. The van der Waals surface area contributed by atoms with E-state index in [1.165, 1.54) is 12.8 Å². The quantitative estimate of drug-likeness (QED) is 0.932. The Labute approximate surface area is 121 Å². The molecule has 4 nitrogen and oxygen atoms in total. The van der Waals surface area contributed by atoms with Crippen molar-refractivity contribution in [2.45, 2.75) is 57.5 Å². The van der Waals surface area contributed by atoms with Crippen molar-refractivity contribution in [3.8, 4) is 5.75 Å². The fourth-order valence-electron chi connectivity index (χ4n) is 2.87. The Morgan fingerprint density at radius 1 is 1.20 bits per heavy atom. The molecule has 112 valence electrons. The summed E-state index contributed by atoms with van der Waals surface area (Å²) < 4.78 is 29.0. The van der Waals surface area contributed by atoms with E-state index in [1.807, 2.05) is 6.92 Å². The van der Waals surface area contributed by atoms with Gasteiger partial charge in [0, 0.05) is 0 Å². The molecule has 2 rings (SSSR count). The third-order valence-electron chi connectivity index (χ3n) is 4.18. The maximum absolute atomic E-state index is 11.5. The number of benzene rings is 1. The first-order chi connectivity index (χ1) is 9.29. The summed E-state index contributed by atoms with van der Waals surface area (Å²) in [6.07, 6.45) is 4.83. The molecule has 0 amide bonds. The van der Waals surface area contributed by atoms with Gasteiger partial charge in [0.1, 0.15) is 5.75 Å². The summed E-state index contributed by atoms with van der Waals surface area (Å²) in [4.78, 5) is 0.180. The van der Waals surface area contributed by atoms with Crippen LogP contribution in [-0.4, -0.2) is 14.5 Å². The van der Waals surface area contributed by atoms with E-state index in [4.69, 9.17) is 9.88 Å². The highest BCUT2D eigenvalue weighted by atomic mass is 32.2. The summed E-state index contributed by atoms with van der Waals surface area (Å²) >= 11 is 0. The van der Waals surface area contributed by atoms with Gasteiger partial charge in [-0.2, -0.15) is 0 Å². The first kappa shape index (κ1) is 15.3. The van der Waals surface area contributed by atoms with Crippen LogP contribution < -0.4 is 9.88 Å². The van der Waals surface area contributed by atoms with Crippen LogP contribution in [0.3, 0.4) is 0 Å². The predicted molar refractivity (Wildman–Crippen MR) is 79.3 cm³/mol. The Morgan fingerprint density at radius 3 is 2.50 bits per heavy atom. The standard InChI is InChI=1S/C15H23NO3S/c1-10-5-4-6-13(9-10)19-14-7-8-15(20(16,17)18)12(3)11(14)2/h7-8,10,13H,4-6,9H2,1-3H3,(H2,16,17,18). The van der Waals surface area contributed by atoms with E-state index in [2.05, 4.69) is 6.92 Å². The van der Waals surface area contributed by atoms with Crippen molar-refractivity contribution in [2.24, 2.45) is 11.1 Å². The van der Waals surface area contributed by atoms with Crippen LogP contribution in [0.2, 0.25) is 0 Å². The van der Waals surface area contributed by atoms with Crippen molar-refractivity contribution >= 4 is 10.0 Å². The lowest BCUT2D eigenvalue weighted by molar-refractivity contribution is 0.128. The molecule has 5 heteroatoms. The summed E-state index contributed by atoms with van der Waals surface area (Å²) in [6.45, 7) is 5.90. The summed E-state index contributed by atoms with van der Waals surface area (Å²) in [5, 5.41) is 5.21. The molecule has 1 saturated carbocycles. The van der Waals surface area contributed by atoms with E-state index < -0.39 is 10.0 Å². The van der Waals surface area contributed by atoms with Crippen LogP contribution >= 0.6 is 0 Å². The minimum Gasteiger partial charge on any atom is -0.490 e. The average Bonchev–Trinajstić information content (AvgIpc) is 2.33. The Hall–Kier alpha value is -1.07. The second kappa shape index (κ2) is 5.74. The Balaban J connectivity index is 2.24. The molecular formula is C15H23NO3S. The van der Waals surface area contributed by atoms with Crippen LogP contribution in [0.15, 0.2) is 17.0 Å². The van der Waals surface area contributed by atoms with Crippen LogP contribution in [-0.2, 0) is 10.0 Å². The molecule has 1 aliphatic carbocycles. The minimum absolute atomic E-state index is 0.180. The van der Waals surface area contributed by atoms with E-state index in [1.54, 1.807) is 19.1 Å². The molecule has 0 aromatic heterocycles. The van der Waals surface area contributed by atoms with Gasteiger partial charge in [-0.25, -0.2) is 13.6 Å². The molecule has 0 spiro atoms. The van der Waals surface area contributed by atoms with E-state index >= 15 is 0 Å². The van der Waals surface area contributed by atoms with Crippen LogP contribution in [0.25, 0.3) is 0 Å². The maximum atomic E-state index is 11.5. The van der Waals surface area contributed by atoms with E-state index in [0.29, 0.717) is 11.5 Å². The first-order valence-corrected chi connectivity index (χ1v) is 8.63. The van der Waals surface area contributed by atoms with Gasteiger partial charge in [-0.15, -0.1) is 0 Å². The van der Waals surface area contributed by atoms with Gasteiger partial charge < -0.3 is 4.74 Å². The third-order valence-corrected chi connectivity index (χ3v) is 5.23. The van der Waals surface area contributed by atoms with Gasteiger partial charge in [0.15, 0.2) is 0 Å². The number of hydrogen-bond acceptors (Lipinski definition) is 3. The molecule has 1 aromatic rings. The van der Waals surface area contributed by atoms with Gasteiger partial charge in [0.05, 0.1) is 11.0 Å². The van der Waals surface area contributed by atoms with Crippen LogP contribution in [0, 0.1) is 19.8 Å². The molecule has 1 fully saturated rings. The Kier molecular flexibility index (Phi) is 4.39. The highest BCUT2D eigenvalue weighted by Gasteiger charge is 2.22. The average molecular weight is 297 g/mol. The summed E-state index contributed by atoms with van der Waals surface area (Å²) in [5.74, 6) is 1.47. The number of sulfonamides is 1. The number of ether oxygens (including phenoxy) is 1. The van der Waals surface area contributed by atoms with Crippen LogP contribution in [0.1, 0.15) is 43.7 Å². The first-order valence-electron chi connectivity index (χ1n) is 7.08. The molecule has 2 N–H and O–H groups in total. The van der Waals surface area contributed by atoms with Crippen molar-refractivity contribution in [2.75, 3.05) is 0 Å². The fraction of sp³-hybridized carbons (Fsp3) is 0.600. The van der Waals surface area contributed by atoms with Gasteiger partial charge in [-0.05, 0) is 62.3 Å². The minimum atomic E-state index is -3.67. The molecule has 20 heavy (non-hydrogen) atoms. The SMILES string of the molecule is Cc1c(OC2CCCC(C)C2)ccc(S(N)(=O)=O)c1C. The molecule has 1 aromatic carbocycles. The number of rotatable bonds is 3. The largest absolute Gasteiger partial charge is 0.490 e. The van der Waals surface area contributed by atoms with Crippen molar-refractivity contribution in [3.63, 3.8) is 0 Å². The molecule has 0 heterocycles. The van der Waals surface area contributed by atoms with Gasteiger partial charge in [0.25, 0.3) is 0 Å². The predicted octanol–water partition coefficient (Wildman–Crippen LogP) is 2.91. The normalized spacial score (nSPS) is 23.6. The number of hydrogen-bond donors (Lipinski definition) is 1. The van der Waals surface area contributed by atoms with Crippen LogP contribution in [0.4, 0.5) is 0 Å². The second-order valence-corrected chi connectivity index (χ2v) is 7.40. The number of nitrogens with two attached hydrogens (primary N) is 1. The zero-order chi connectivity index (χ0) is 14.9. The van der Waals surface area contributed by atoms with Gasteiger partial charge >= 0.3 is 0 Å². The van der Waals surface area contributed by atoms with E-state index in [0.717, 1.165) is 24.2 Å². The highest BCUT2D eigenvalue weighted by Crippen LogP contribution is 2.31. The Bertz CT molecular complexity index is 595. The lowest BCUT2D eigenvalue weighted by atomic mass is 9.88. The molecule has 1 aliphatic rings.